The van der Waals surface area contributed by atoms with Crippen LogP contribution in [-0.4, -0.2) is 68.1 Å². The molecule has 0 amide bonds. The minimum Gasteiger partial charge on any atom is -0.508 e. The zero-order chi connectivity index (χ0) is 21.1. The SMILES string of the molecule is CN(CCNc1nc(Cc2ccccc2)nc2[nH]c3cc(O)ccc3c12)CC(O)O. The summed E-state index contributed by atoms with van der Waals surface area (Å²) < 4.78 is 0. The first kappa shape index (κ1) is 20.1. The van der Waals surface area contributed by atoms with E-state index in [1.807, 2.05) is 48.3 Å². The lowest BCUT2D eigenvalue weighted by Gasteiger charge is -2.18. The van der Waals surface area contributed by atoms with Gasteiger partial charge in [0.1, 0.15) is 23.0 Å². The van der Waals surface area contributed by atoms with Gasteiger partial charge in [-0.3, -0.25) is 4.90 Å². The molecule has 8 nitrogen and oxygen atoms in total. The molecule has 8 heteroatoms. The minimum atomic E-state index is -1.36. The van der Waals surface area contributed by atoms with Crippen molar-refractivity contribution >= 4 is 27.8 Å². The van der Waals surface area contributed by atoms with Crippen molar-refractivity contribution in [2.24, 2.45) is 0 Å². The maximum Gasteiger partial charge on any atom is 0.164 e. The third-order valence-corrected chi connectivity index (χ3v) is 4.95. The Hall–Kier alpha value is -3.20. The number of anilines is 1. The average molecular weight is 407 g/mol. The predicted octanol–water partition coefficient (Wildman–Crippen LogP) is 2.06. The molecule has 0 aliphatic carbocycles. The summed E-state index contributed by atoms with van der Waals surface area (Å²) >= 11 is 0. The normalized spacial score (nSPS) is 11.8. The Morgan fingerprint density at radius 3 is 2.67 bits per heavy atom. The molecule has 156 valence electrons. The number of likely N-dealkylation sites (N-methyl/N-ethyl adjacent to an activating group) is 1. The number of aromatic amines is 1. The Morgan fingerprint density at radius 2 is 1.90 bits per heavy atom. The van der Waals surface area contributed by atoms with Gasteiger partial charge in [-0.2, -0.15) is 0 Å². The number of aromatic nitrogens is 3. The molecule has 0 atom stereocenters. The second-order valence-corrected chi connectivity index (χ2v) is 7.40. The maximum atomic E-state index is 9.83. The summed E-state index contributed by atoms with van der Waals surface area (Å²) in [6.45, 7) is 1.36. The molecule has 2 aromatic heterocycles. The Labute approximate surface area is 173 Å². The van der Waals surface area contributed by atoms with Gasteiger partial charge < -0.3 is 25.6 Å². The monoisotopic (exact) mass is 407 g/mol. The summed E-state index contributed by atoms with van der Waals surface area (Å²) in [6, 6.07) is 15.2. The van der Waals surface area contributed by atoms with Gasteiger partial charge in [0.15, 0.2) is 6.29 Å². The number of phenolic OH excluding ortho intramolecular Hbond substituents is 1. The molecule has 0 unspecified atom stereocenters. The number of nitrogens with one attached hydrogen (secondary N) is 2. The molecule has 0 saturated carbocycles. The number of fused-ring (bicyclic) bond motifs is 3. The molecule has 2 aromatic carbocycles. The maximum absolute atomic E-state index is 9.83. The van der Waals surface area contributed by atoms with Crippen molar-refractivity contribution in [2.45, 2.75) is 12.7 Å². The number of benzene rings is 2. The highest BCUT2D eigenvalue weighted by Crippen LogP contribution is 2.31. The Bertz CT molecular complexity index is 1140. The minimum absolute atomic E-state index is 0.173. The number of nitrogens with zero attached hydrogens (tertiary/aromatic N) is 3. The van der Waals surface area contributed by atoms with E-state index in [-0.39, 0.29) is 12.3 Å². The molecule has 0 fully saturated rings. The van der Waals surface area contributed by atoms with E-state index in [9.17, 15) is 5.11 Å². The van der Waals surface area contributed by atoms with Crippen LogP contribution in [0.3, 0.4) is 0 Å². The van der Waals surface area contributed by atoms with E-state index in [1.54, 1.807) is 12.1 Å². The zero-order valence-electron chi connectivity index (χ0n) is 16.7. The topological polar surface area (TPSA) is 118 Å². The van der Waals surface area contributed by atoms with Crippen LogP contribution in [0.5, 0.6) is 5.75 Å². The quantitative estimate of drug-likeness (QED) is 0.284. The van der Waals surface area contributed by atoms with Gasteiger partial charge in [0.2, 0.25) is 0 Å². The van der Waals surface area contributed by atoms with Gasteiger partial charge in [0.25, 0.3) is 0 Å². The number of aliphatic hydroxyl groups is 2. The first-order chi connectivity index (χ1) is 14.5. The van der Waals surface area contributed by atoms with E-state index in [4.69, 9.17) is 20.2 Å². The van der Waals surface area contributed by atoms with Crippen LogP contribution in [0.25, 0.3) is 21.9 Å². The molecule has 5 N–H and O–H groups in total. The largest absolute Gasteiger partial charge is 0.508 e. The van der Waals surface area contributed by atoms with E-state index in [1.165, 1.54) is 0 Å². The molecule has 0 radical (unpaired) electrons. The van der Waals surface area contributed by atoms with Gasteiger partial charge >= 0.3 is 0 Å². The van der Waals surface area contributed by atoms with E-state index in [2.05, 4.69) is 10.3 Å². The highest BCUT2D eigenvalue weighted by atomic mass is 16.5. The summed E-state index contributed by atoms with van der Waals surface area (Å²) in [5.74, 6) is 1.58. The predicted molar refractivity (Wildman–Crippen MR) is 117 cm³/mol. The van der Waals surface area contributed by atoms with Crippen molar-refractivity contribution < 1.29 is 15.3 Å². The van der Waals surface area contributed by atoms with Crippen molar-refractivity contribution in [1.82, 2.24) is 19.9 Å². The van der Waals surface area contributed by atoms with Crippen LogP contribution in [0.2, 0.25) is 0 Å². The molecular weight excluding hydrogens is 382 g/mol. The fraction of sp³-hybridized carbons (Fsp3) is 0.273. The highest BCUT2D eigenvalue weighted by molar-refractivity contribution is 6.11. The number of rotatable bonds is 8. The summed E-state index contributed by atoms with van der Waals surface area (Å²) in [5.41, 5.74) is 2.62. The van der Waals surface area contributed by atoms with Gasteiger partial charge in [-0.05, 0) is 24.7 Å². The van der Waals surface area contributed by atoms with Crippen molar-refractivity contribution in [3.8, 4) is 5.75 Å². The fourth-order valence-corrected chi connectivity index (χ4v) is 3.55. The number of aromatic hydroxyl groups is 1. The fourth-order valence-electron chi connectivity index (χ4n) is 3.55. The lowest BCUT2D eigenvalue weighted by atomic mass is 10.1. The van der Waals surface area contributed by atoms with E-state index >= 15 is 0 Å². The van der Waals surface area contributed by atoms with Crippen LogP contribution in [-0.2, 0) is 6.42 Å². The van der Waals surface area contributed by atoms with Crippen molar-refractivity contribution in [2.75, 3.05) is 32.0 Å². The van der Waals surface area contributed by atoms with Crippen LogP contribution < -0.4 is 5.32 Å². The van der Waals surface area contributed by atoms with Crippen LogP contribution in [0.15, 0.2) is 48.5 Å². The van der Waals surface area contributed by atoms with Gasteiger partial charge in [-0.15, -0.1) is 0 Å². The molecule has 0 aliphatic heterocycles. The van der Waals surface area contributed by atoms with E-state index < -0.39 is 6.29 Å². The Kier molecular flexibility index (Phi) is 5.80. The molecule has 0 spiro atoms. The number of hydrogen-bond donors (Lipinski definition) is 5. The molecule has 0 aliphatic rings. The lowest BCUT2D eigenvalue weighted by Crippen LogP contribution is -2.32. The Balaban J connectivity index is 1.68. The Morgan fingerprint density at radius 1 is 1.10 bits per heavy atom. The average Bonchev–Trinajstić information content (AvgIpc) is 3.05. The van der Waals surface area contributed by atoms with Gasteiger partial charge in [-0.25, -0.2) is 9.97 Å². The van der Waals surface area contributed by atoms with Crippen LogP contribution >= 0.6 is 0 Å². The second kappa shape index (κ2) is 8.66. The van der Waals surface area contributed by atoms with Crippen molar-refractivity contribution in [1.29, 1.82) is 0 Å². The van der Waals surface area contributed by atoms with Crippen LogP contribution in [0.1, 0.15) is 11.4 Å². The van der Waals surface area contributed by atoms with E-state index in [0.717, 1.165) is 21.9 Å². The summed E-state index contributed by atoms with van der Waals surface area (Å²) in [5, 5.41) is 33.2. The molecule has 2 heterocycles. The van der Waals surface area contributed by atoms with Gasteiger partial charge in [-0.1, -0.05) is 30.3 Å². The smallest absolute Gasteiger partial charge is 0.164 e. The summed E-state index contributed by atoms with van der Waals surface area (Å²) in [7, 11) is 1.83. The summed E-state index contributed by atoms with van der Waals surface area (Å²) in [6.07, 6.45) is -0.762. The molecule has 0 saturated heterocycles. The molecule has 4 aromatic rings. The number of hydrogen-bond acceptors (Lipinski definition) is 7. The second-order valence-electron chi connectivity index (χ2n) is 7.40. The third-order valence-electron chi connectivity index (χ3n) is 4.95. The lowest BCUT2D eigenvalue weighted by molar-refractivity contribution is -0.0566. The third kappa shape index (κ3) is 4.51. The number of H-pyrrole nitrogens is 1. The first-order valence-corrected chi connectivity index (χ1v) is 9.83. The first-order valence-electron chi connectivity index (χ1n) is 9.83. The molecular formula is C22H25N5O3. The van der Waals surface area contributed by atoms with Gasteiger partial charge in [0, 0.05) is 37.5 Å². The summed E-state index contributed by atoms with van der Waals surface area (Å²) in [4.78, 5) is 14.6. The van der Waals surface area contributed by atoms with Crippen LogP contribution in [0, 0.1) is 0 Å². The van der Waals surface area contributed by atoms with Crippen molar-refractivity contribution in [3.63, 3.8) is 0 Å². The number of phenols is 1. The van der Waals surface area contributed by atoms with E-state index in [0.29, 0.717) is 36.8 Å². The molecule has 4 rings (SSSR count). The van der Waals surface area contributed by atoms with Crippen molar-refractivity contribution in [3.05, 3.63) is 59.9 Å². The standard InChI is InChI=1S/C22H25N5O3/c1-27(13-19(29)30)10-9-23-21-20-16-8-7-15(28)12-17(16)24-22(20)26-18(25-21)11-14-5-3-2-4-6-14/h2-8,12,19,28-30H,9-11,13H2,1H3,(H2,23,24,25,26). The van der Waals surface area contributed by atoms with Crippen LogP contribution in [0.4, 0.5) is 5.82 Å². The molecule has 0 bridgehead atoms. The van der Waals surface area contributed by atoms with Gasteiger partial charge in [0.05, 0.1) is 10.9 Å². The molecule has 30 heavy (non-hydrogen) atoms. The highest BCUT2D eigenvalue weighted by Gasteiger charge is 2.15. The zero-order valence-corrected chi connectivity index (χ0v) is 16.7. The number of aliphatic hydroxyl groups excluding tert-OH is 1.